The highest BCUT2D eigenvalue weighted by atomic mass is 16.2. The molecule has 7 nitrogen and oxygen atoms in total. The standard InChI is InChI=1S/C16H19N5O2/c1-10-5-4-6-13(11(10)2)21-8-12(7-14(21)22)15(23)18-16-19-17-9-20(16)3/h4-6,9,12H,7-8H2,1-3H3,(H,18,19,23). The van der Waals surface area contributed by atoms with E-state index in [0.29, 0.717) is 12.5 Å². The van der Waals surface area contributed by atoms with Crippen molar-refractivity contribution in [2.75, 3.05) is 16.8 Å². The number of hydrogen-bond acceptors (Lipinski definition) is 4. The molecule has 0 spiro atoms. The van der Waals surface area contributed by atoms with Gasteiger partial charge in [0.2, 0.25) is 17.8 Å². The molecule has 7 heteroatoms. The molecule has 1 unspecified atom stereocenters. The molecule has 1 aromatic carbocycles. The number of benzene rings is 1. The summed E-state index contributed by atoms with van der Waals surface area (Å²) in [5.41, 5.74) is 3.07. The van der Waals surface area contributed by atoms with Crippen LogP contribution >= 0.6 is 0 Å². The molecule has 120 valence electrons. The Kier molecular flexibility index (Phi) is 3.85. The van der Waals surface area contributed by atoms with E-state index in [1.54, 1.807) is 16.5 Å². The molecule has 2 amide bonds. The fourth-order valence-electron chi connectivity index (χ4n) is 2.75. The van der Waals surface area contributed by atoms with Crippen molar-refractivity contribution in [3.05, 3.63) is 35.7 Å². The molecule has 1 saturated heterocycles. The fourth-order valence-corrected chi connectivity index (χ4v) is 2.75. The maximum Gasteiger partial charge on any atom is 0.232 e. The van der Waals surface area contributed by atoms with Gasteiger partial charge in [-0.25, -0.2) is 0 Å². The van der Waals surface area contributed by atoms with E-state index in [4.69, 9.17) is 0 Å². The molecule has 23 heavy (non-hydrogen) atoms. The Balaban J connectivity index is 1.76. The van der Waals surface area contributed by atoms with Gasteiger partial charge in [-0.1, -0.05) is 12.1 Å². The summed E-state index contributed by atoms with van der Waals surface area (Å²) in [5.74, 6) is -0.245. The number of aromatic nitrogens is 3. The molecule has 1 atom stereocenters. The molecule has 1 aliphatic rings. The van der Waals surface area contributed by atoms with Crippen molar-refractivity contribution in [2.24, 2.45) is 13.0 Å². The summed E-state index contributed by atoms with van der Waals surface area (Å²) < 4.78 is 1.62. The first-order valence-corrected chi connectivity index (χ1v) is 7.49. The summed E-state index contributed by atoms with van der Waals surface area (Å²) in [6, 6.07) is 5.86. The summed E-state index contributed by atoms with van der Waals surface area (Å²) >= 11 is 0. The number of carbonyl (C=O) groups excluding carboxylic acids is 2. The van der Waals surface area contributed by atoms with Crippen LogP contribution in [0.1, 0.15) is 17.5 Å². The molecule has 1 fully saturated rings. The Morgan fingerprint density at radius 1 is 1.35 bits per heavy atom. The van der Waals surface area contributed by atoms with Crippen molar-refractivity contribution >= 4 is 23.5 Å². The van der Waals surface area contributed by atoms with Gasteiger partial charge in [-0.3, -0.25) is 14.9 Å². The van der Waals surface area contributed by atoms with Crippen LogP contribution < -0.4 is 10.2 Å². The number of aryl methyl sites for hydroxylation is 2. The third-order valence-corrected chi connectivity index (χ3v) is 4.31. The van der Waals surface area contributed by atoms with Crippen LogP contribution in [0, 0.1) is 19.8 Å². The van der Waals surface area contributed by atoms with Gasteiger partial charge in [-0.2, -0.15) is 0 Å². The zero-order valence-electron chi connectivity index (χ0n) is 13.4. The number of hydrogen-bond donors (Lipinski definition) is 1. The Morgan fingerprint density at radius 2 is 2.13 bits per heavy atom. The fraction of sp³-hybridized carbons (Fsp3) is 0.375. The van der Waals surface area contributed by atoms with Crippen LogP contribution in [-0.2, 0) is 16.6 Å². The molecule has 0 bridgehead atoms. The number of nitrogens with one attached hydrogen (secondary N) is 1. The molecule has 2 heterocycles. The van der Waals surface area contributed by atoms with E-state index in [9.17, 15) is 9.59 Å². The van der Waals surface area contributed by atoms with Crippen LogP contribution in [0.25, 0.3) is 0 Å². The van der Waals surface area contributed by atoms with Gasteiger partial charge in [0.05, 0.1) is 5.92 Å². The number of carbonyl (C=O) groups is 2. The third kappa shape index (κ3) is 2.81. The van der Waals surface area contributed by atoms with Crippen molar-refractivity contribution in [1.82, 2.24) is 14.8 Å². The maximum absolute atomic E-state index is 12.4. The Bertz CT molecular complexity index is 768. The lowest BCUT2D eigenvalue weighted by molar-refractivity contribution is -0.122. The molecule has 2 aromatic rings. The van der Waals surface area contributed by atoms with E-state index in [2.05, 4.69) is 15.5 Å². The lowest BCUT2D eigenvalue weighted by Gasteiger charge is -2.20. The van der Waals surface area contributed by atoms with Crippen LogP contribution in [0.3, 0.4) is 0 Å². The summed E-state index contributed by atoms with van der Waals surface area (Å²) in [5, 5.41) is 10.3. The monoisotopic (exact) mass is 313 g/mol. The highest BCUT2D eigenvalue weighted by molar-refractivity contribution is 6.03. The van der Waals surface area contributed by atoms with Gasteiger partial charge < -0.3 is 9.47 Å². The molecular weight excluding hydrogens is 294 g/mol. The third-order valence-electron chi connectivity index (χ3n) is 4.31. The van der Waals surface area contributed by atoms with Crippen LogP contribution in [0.4, 0.5) is 11.6 Å². The van der Waals surface area contributed by atoms with Gasteiger partial charge >= 0.3 is 0 Å². The predicted octanol–water partition coefficient (Wildman–Crippen LogP) is 1.42. The maximum atomic E-state index is 12.4. The van der Waals surface area contributed by atoms with E-state index in [1.807, 2.05) is 32.0 Å². The number of rotatable bonds is 3. The first kappa shape index (κ1) is 15.2. The highest BCUT2D eigenvalue weighted by Gasteiger charge is 2.36. The Hall–Kier alpha value is -2.70. The quantitative estimate of drug-likeness (QED) is 0.929. The van der Waals surface area contributed by atoms with Crippen molar-refractivity contribution in [1.29, 1.82) is 0 Å². The van der Waals surface area contributed by atoms with Gasteiger partial charge in [0.1, 0.15) is 6.33 Å². The smallest absolute Gasteiger partial charge is 0.232 e. The second-order valence-electron chi connectivity index (χ2n) is 5.88. The first-order chi connectivity index (χ1) is 11.0. The van der Waals surface area contributed by atoms with E-state index in [0.717, 1.165) is 16.8 Å². The lowest BCUT2D eigenvalue weighted by atomic mass is 10.1. The average molecular weight is 313 g/mol. The summed E-state index contributed by atoms with van der Waals surface area (Å²) in [6.45, 7) is 4.38. The molecule has 0 radical (unpaired) electrons. The van der Waals surface area contributed by atoms with Crippen molar-refractivity contribution in [3.63, 3.8) is 0 Å². The minimum atomic E-state index is -0.390. The van der Waals surface area contributed by atoms with Crippen LogP contribution in [0.2, 0.25) is 0 Å². The first-order valence-electron chi connectivity index (χ1n) is 7.49. The summed E-state index contributed by atoms with van der Waals surface area (Å²) in [6.07, 6.45) is 1.72. The van der Waals surface area contributed by atoms with Gasteiger partial charge in [-0.15, -0.1) is 10.2 Å². The average Bonchev–Trinajstić information content (AvgIpc) is 3.09. The van der Waals surface area contributed by atoms with Crippen LogP contribution in [-0.4, -0.2) is 33.1 Å². The molecule has 1 aliphatic heterocycles. The normalized spacial score (nSPS) is 17.6. The van der Waals surface area contributed by atoms with Crippen LogP contribution in [0.5, 0.6) is 0 Å². The van der Waals surface area contributed by atoms with Crippen LogP contribution in [0.15, 0.2) is 24.5 Å². The van der Waals surface area contributed by atoms with Crippen molar-refractivity contribution in [2.45, 2.75) is 20.3 Å². The molecule has 0 aliphatic carbocycles. The second-order valence-corrected chi connectivity index (χ2v) is 5.88. The van der Waals surface area contributed by atoms with Crippen molar-refractivity contribution in [3.8, 4) is 0 Å². The minimum absolute atomic E-state index is 0.0307. The SMILES string of the molecule is Cc1cccc(N2CC(C(=O)Nc3nncn3C)CC2=O)c1C. The van der Waals surface area contributed by atoms with Crippen molar-refractivity contribution < 1.29 is 9.59 Å². The topological polar surface area (TPSA) is 80.1 Å². The predicted molar refractivity (Wildman–Crippen MR) is 86.0 cm³/mol. The van der Waals surface area contributed by atoms with Gasteiger partial charge in [0.15, 0.2) is 0 Å². The largest absolute Gasteiger partial charge is 0.311 e. The number of anilines is 2. The Morgan fingerprint density at radius 3 is 2.83 bits per heavy atom. The van der Waals surface area contributed by atoms with Gasteiger partial charge in [-0.05, 0) is 31.0 Å². The molecule has 1 N–H and O–H groups in total. The molecule has 0 saturated carbocycles. The number of amides is 2. The van der Waals surface area contributed by atoms with E-state index >= 15 is 0 Å². The van der Waals surface area contributed by atoms with E-state index in [1.165, 1.54) is 6.33 Å². The number of nitrogens with zero attached hydrogens (tertiary/aromatic N) is 4. The van der Waals surface area contributed by atoms with E-state index < -0.39 is 0 Å². The summed E-state index contributed by atoms with van der Waals surface area (Å²) in [4.78, 5) is 26.4. The summed E-state index contributed by atoms with van der Waals surface area (Å²) in [7, 11) is 1.75. The van der Waals surface area contributed by atoms with Gasteiger partial charge in [0.25, 0.3) is 0 Å². The van der Waals surface area contributed by atoms with Gasteiger partial charge in [0, 0.05) is 25.7 Å². The minimum Gasteiger partial charge on any atom is -0.311 e. The lowest BCUT2D eigenvalue weighted by Crippen LogP contribution is -2.29. The zero-order valence-corrected chi connectivity index (χ0v) is 13.4. The van der Waals surface area contributed by atoms with E-state index in [-0.39, 0.29) is 24.2 Å². The molecule has 3 rings (SSSR count). The second kappa shape index (κ2) is 5.83. The highest BCUT2D eigenvalue weighted by Crippen LogP contribution is 2.29. The zero-order chi connectivity index (χ0) is 16.6. The Labute approximate surface area is 134 Å². The molecule has 1 aromatic heterocycles. The molecular formula is C16H19N5O2.